The number of ether oxygens (including phenoxy) is 1. The lowest BCUT2D eigenvalue weighted by Gasteiger charge is -2.18. The van der Waals surface area contributed by atoms with E-state index in [9.17, 15) is 22.4 Å². The largest absolute Gasteiger partial charge is 0.452 e. The Labute approximate surface area is 178 Å². The van der Waals surface area contributed by atoms with Gasteiger partial charge in [0.1, 0.15) is 5.82 Å². The van der Waals surface area contributed by atoms with Gasteiger partial charge in [0.2, 0.25) is 10.0 Å². The quantitative estimate of drug-likeness (QED) is 0.619. The van der Waals surface area contributed by atoms with E-state index in [0.29, 0.717) is 0 Å². The van der Waals surface area contributed by atoms with E-state index in [0.717, 1.165) is 12.8 Å². The second-order valence-electron chi connectivity index (χ2n) is 6.95. The first-order valence-electron chi connectivity index (χ1n) is 9.14. The minimum atomic E-state index is -3.72. The van der Waals surface area contributed by atoms with Crippen molar-refractivity contribution in [3.8, 4) is 0 Å². The van der Waals surface area contributed by atoms with E-state index in [-0.39, 0.29) is 33.6 Å². The molecule has 0 atom stereocenters. The van der Waals surface area contributed by atoms with Crippen LogP contribution in [0.1, 0.15) is 28.8 Å². The highest BCUT2D eigenvalue weighted by atomic mass is 35.5. The van der Waals surface area contributed by atoms with Crippen molar-refractivity contribution < 1.29 is 27.1 Å². The third-order valence-electron chi connectivity index (χ3n) is 4.49. The number of sulfonamides is 1. The van der Waals surface area contributed by atoms with Gasteiger partial charge in [-0.05, 0) is 43.2 Å². The Morgan fingerprint density at radius 3 is 2.60 bits per heavy atom. The fraction of sp³-hybridized carbons (Fsp3) is 0.300. The third-order valence-corrected chi connectivity index (χ3v) is 6.36. The summed E-state index contributed by atoms with van der Waals surface area (Å²) in [6.45, 7) is -0.679. The molecule has 30 heavy (non-hydrogen) atoms. The van der Waals surface area contributed by atoms with E-state index in [2.05, 4.69) is 4.72 Å². The molecule has 0 unspecified atom stereocenters. The summed E-state index contributed by atoms with van der Waals surface area (Å²) in [5.41, 5.74) is 0.156. The van der Waals surface area contributed by atoms with Gasteiger partial charge in [0, 0.05) is 30.2 Å². The fourth-order valence-corrected chi connectivity index (χ4v) is 4.18. The predicted octanol–water partition coefficient (Wildman–Crippen LogP) is 2.74. The zero-order valence-corrected chi connectivity index (χ0v) is 17.7. The smallest absolute Gasteiger partial charge is 0.338 e. The lowest BCUT2D eigenvalue weighted by molar-refractivity contribution is -0.133. The molecule has 7 nitrogen and oxygen atoms in total. The van der Waals surface area contributed by atoms with Crippen molar-refractivity contribution in [3.63, 3.8) is 0 Å². The molecule has 0 spiro atoms. The summed E-state index contributed by atoms with van der Waals surface area (Å²) in [7, 11) is -2.30. The Bertz CT molecular complexity index is 1050. The summed E-state index contributed by atoms with van der Waals surface area (Å²) in [5.74, 6) is -1.96. The number of carbonyl (C=O) groups excluding carboxylic acids is 2. The van der Waals surface area contributed by atoms with Crippen molar-refractivity contribution in [1.29, 1.82) is 0 Å². The molecule has 1 aliphatic rings. The highest BCUT2D eigenvalue weighted by Crippen LogP contribution is 2.23. The monoisotopic (exact) mass is 454 g/mol. The SMILES string of the molecule is CN(Cc1c(F)cccc1Cl)C(=O)COC(=O)c1cccc(S(=O)(=O)NC2CC2)c1. The maximum absolute atomic E-state index is 13.9. The molecule has 1 aliphatic carbocycles. The standard InChI is InChI=1S/C20H20ClFN2O5S/c1-24(11-16-17(21)6-3-7-18(16)22)19(25)12-29-20(26)13-4-2-5-15(10-13)30(27,28)23-14-8-9-14/h2-7,10,14,23H,8-9,11-12H2,1H3. The number of hydrogen-bond acceptors (Lipinski definition) is 5. The first-order valence-corrected chi connectivity index (χ1v) is 11.0. The summed E-state index contributed by atoms with van der Waals surface area (Å²) in [4.78, 5) is 25.6. The summed E-state index contributed by atoms with van der Waals surface area (Å²) in [6.07, 6.45) is 1.57. The van der Waals surface area contributed by atoms with Gasteiger partial charge in [-0.1, -0.05) is 23.7 Å². The third kappa shape index (κ3) is 5.56. The number of hydrogen-bond donors (Lipinski definition) is 1. The van der Waals surface area contributed by atoms with Crippen LogP contribution in [0.4, 0.5) is 4.39 Å². The molecule has 1 fully saturated rings. The number of benzene rings is 2. The Hall–Kier alpha value is -2.49. The van der Waals surface area contributed by atoms with Gasteiger partial charge in [0.05, 0.1) is 10.5 Å². The van der Waals surface area contributed by atoms with Crippen molar-refractivity contribution in [2.45, 2.75) is 30.3 Å². The minimum Gasteiger partial charge on any atom is -0.452 e. The normalized spacial score (nSPS) is 13.7. The lowest BCUT2D eigenvalue weighted by atomic mass is 10.2. The molecule has 0 heterocycles. The zero-order chi connectivity index (χ0) is 21.9. The first-order chi connectivity index (χ1) is 14.2. The van der Waals surface area contributed by atoms with E-state index < -0.39 is 34.3 Å². The minimum absolute atomic E-state index is 0.00118. The van der Waals surface area contributed by atoms with Crippen molar-refractivity contribution >= 4 is 33.5 Å². The lowest BCUT2D eigenvalue weighted by Crippen LogP contribution is -2.31. The van der Waals surface area contributed by atoms with Crippen molar-refractivity contribution in [3.05, 3.63) is 64.4 Å². The molecule has 2 aromatic carbocycles. The number of nitrogens with zero attached hydrogens (tertiary/aromatic N) is 1. The Balaban J connectivity index is 1.59. The second kappa shape index (κ2) is 9.11. The van der Waals surface area contributed by atoms with Crippen LogP contribution in [-0.4, -0.2) is 44.9 Å². The number of rotatable bonds is 8. The van der Waals surface area contributed by atoms with Crippen molar-refractivity contribution in [1.82, 2.24) is 9.62 Å². The van der Waals surface area contributed by atoms with Crippen molar-refractivity contribution in [2.24, 2.45) is 0 Å². The van der Waals surface area contributed by atoms with Gasteiger partial charge >= 0.3 is 5.97 Å². The number of halogens is 2. The van der Waals surface area contributed by atoms with Crippen molar-refractivity contribution in [2.75, 3.05) is 13.7 Å². The molecule has 1 saturated carbocycles. The van der Waals surface area contributed by atoms with Crippen LogP contribution in [0.25, 0.3) is 0 Å². The van der Waals surface area contributed by atoms with E-state index >= 15 is 0 Å². The van der Waals surface area contributed by atoms with E-state index in [1.165, 1.54) is 54.4 Å². The van der Waals surface area contributed by atoms with Crippen LogP contribution in [0.3, 0.4) is 0 Å². The molecule has 0 bridgehead atoms. The van der Waals surface area contributed by atoms with Gasteiger partial charge in [-0.2, -0.15) is 0 Å². The van der Waals surface area contributed by atoms with Crippen LogP contribution in [0.15, 0.2) is 47.4 Å². The molecule has 1 N–H and O–H groups in total. The summed E-state index contributed by atoms with van der Waals surface area (Å²) in [5, 5.41) is 0.185. The van der Waals surface area contributed by atoms with Crippen LogP contribution in [0.2, 0.25) is 5.02 Å². The van der Waals surface area contributed by atoms with Gasteiger partial charge in [0.15, 0.2) is 6.61 Å². The second-order valence-corrected chi connectivity index (χ2v) is 9.07. The van der Waals surface area contributed by atoms with Gasteiger partial charge in [-0.15, -0.1) is 0 Å². The summed E-state index contributed by atoms with van der Waals surface area (Å²) < 4.78 is 45.9. The van der Waals surface area contributed by atoms with Crippen LogP contribution in [0, 0.1) is 5.82 Å². The fourth-order valence-electron chi connectivity index (χ4n) is 2.61. The highest BCUT2D eigenvalue weighted by molar-refractivity contribution is 7.89. The number of likely N-dealkylation sites (N-methyl/N-ethyl adjacent to an activating group) is 1. The Kier molecular flexibility index (Phi) is 6.74. The zero-order valence-electron chi connectivity index (χ0n) is 16.1. The van der Waals surface area contributed by atoms with Gasteiger partial charge < -0.3 is 9.64 Å². The van der Waals surface area contributed by atoms with Crippen LogP contribution >= 0.6 is 11.6 Å². The predicted molar refractivity (Wildman–Crippen MR) is 108 cm³/mol. The number of esters is 1. The molecule has 160 valence electrons. The van der Waals surface area contributed by atoms with Gasteiger partial charge in [-0.3, -0.25) is 4.79 Å². The average Bonchev–Trinajstić information content (AvgIpc) is 3.52. The topological polar surface area (TPSA) is 92.8 Å². The molecular formula is C20H20ClFN2O5S. The molecule has 1 amide bonds. The van der Waals surface area contributed by atoms with E-state index in [1.54, 1.807) is 0 Å². The molecule has 0 radical (unpaired) electrons. The molecule has 10 heteroatoms. The Morgan fingerprint density at radius 1 is 1.23 bits per heavy atom. The van der Waals surface area contributed by atoms with Gasteiger partial charge in [0.25, 0.3) is 5.91 Å². The van der Waals surface area contributed by atoms with Gasteiger partial charge in [-0.25, -0.2) is 22.3 Å². The molecular weight excluding hydrogens is 435 g/mol. The van der Waals surface area contributed by atoms with Crippen LogP contribution < -0.4 is 4.72 Å². The molecule has 2 aromatic rings. The maximum Gasteiger partial charge on any atom is 0.338 e. The highest BCUT2D eigenvalue weighted by Gasteiger charge is 2.28. The molecule has 3 rings (SSSR count). The van der Waals surface area contributed by atoms with E-state index in [1.807, 2.05) is 0 Å². The number of nitrogens with one attached hydrogen (secondary N) is 1. The average molecular weight is 455 g/mol. The Morgan fingerprint density at radius 2 is 1.93 bits per heavy atom. The van der Waals surface area contributed by atoms with Crippen LogP contribution in [0.5, 0.6) is 0 Å². The first kappa shape index (κ1) is 22.2. The maximum atomic E-state index is 13.9. The molecule has 0 aromatic heterocycles. The van der Waals surface area contributed by atoms with Crippen LogP contribution in [-0.2, 0) is 26.1 Å². The molecule has 0 saturated heterocycles. The molecule has 0 aliphatic heterocycles. The summed E-state index contributed by atoms with van der Waals surface area (Å²) >= 11 is 5.96. The number of carbonyl (C=O) groups is 2. The number of amides is 1. The summed E-state index contributed by atoms with van der Waals surface area (Å²) in [6, 6.07) is 9.52. The van der Waals surface area contributed by atoms with E-state index in [4.69, 9.17) is 16.3 Å².